The van der Waals surface area contributed by atoms with E-state index in [2.05, 4.69) is 5.32 Å². The van der Waals surface area contributed by atoms with Gasteiger partial charge in [-0.1, -0.05) is 31.5 Å². The van der Waals surface area contributed by atoms with Crippen LogP contribution in [0.1, 0.15) is 20.3 Å². The summed E-state index contributed by atoms with van der Waals surface area (Å²) in [6, 6.07) is 6.89. The van der Waals surface area contributed by atoms with E-state index in [-0.39, 0.29) is 24.9 Å². The molecule has 5 nitrogen and oxygen atoms in total. The summed E-state index contributed by atoms with van der Waals surface area (Å²) in [5, 5.41) is 12.5. The van der Waals surface area contributed by atoms with Crippen LogP contribution in [0.4, 0.5) is 5.69 Å². The number of amides is 1. The van der Waals surface area contributed by atoms with Crippen LogP contribution in [0, 0.1) is 0 Å². The van der Waals surface area contributed by atoms with Gasteiger partial charge in [-0.25, -0.2) is 0 Å². The first-order chi connectivity index (χ1) is 9.40. The fourth-order valence-corrected chi connectivity index (χ4v) is 1.89. The molecule has 0 spiro atoms. The van der Waals surface area contributed by atoms with Gasteiger partial charge in [0.15, 0.2) is 0 Å². The summed E-state index contributed by atoms with van der Waals surface area (Å²) in [6.07, 6.45) is 0.234. The standard InChI is InChI=1S/C14H19ClN2O3/c1-10(2)16-7-6-13(18)17(9-14(19)20)12-5-3-4-11(15)8-12/h3-5,8,10,16H,6-7,9H2,1-2H3,(H,19,20). The Hall–Kier alpha value is -1.59. The fraction of sp³-hybridized carbons (Fsp3) is 0.429. The molecule has 0 radical (unpaired) electrons. The maximum atomic E-state index is 12.2. The summed E-state index contributed by atoms with van der Waals surface area (Å²) in [7, 11) is 0. The minimum atomic E-state index is -1.06. The predicted octanol–water partition coefficient (Wildman–Crippen LogP) is 2.15. The lowest BCUT2D eigenvalue weighted by atomic mass is 10.2. The second kappa shape index (κ2) is 7.87. The Kier molecular flexibility index (Phi) is 6.48. The van der Waals surface area contributed by atoms with E-state index in [9.17, 15) is 9.59 Å². The number of benzene rings is 1. The van der Waals surface area contributed by atoms with Crippen molar-refractivity contribution in [1.29, 1.82) is 0 Å². The van der Waals surface area contributed by atoms with Gasteiger partial charge in [0.2, 0.25) is 5.91 Å². The van der Waals surface area contributed by atoms with Gasteiger partial charge in [-0.3, -0.25) is 9.59 Å². The molecule has 110 valence electrons. The Morgan fingerprint density at radius 1 is 1.40 bits per heavy atom. The highest BCUT2D eigenvalue weighted by Gasteiger charge is 2.18. The van der Waals surface area contributed by atoms with Gasteiger partial charge in [0, 0.05) is 29.7 Å². The molecule has 1 amide bonds. The monoisotopic (exact) mass is 298 g/mol. The lowest BCUT2D eigenvalue weighted by Gasteiger charge is -2.21. The molecule has 0 saturated carbocycles. The summed E-state index contributed by atoms with van der Waals surface area (Å²) in [6.45, 7) is 4.10. The van der Waals surface area contributed by atoms with Gasteiger partial charge in [-0.15, -0.1) is 0 Å². The molecule has 6 heteroatoms. The average molecular weight is 299 g/mol. The summed E-state index contributed by atoms with van der Waals surface area (Å²) in [5.41, 5.74) is 0.495. The van der Waals surface area contributed by atoms with Crippen molar-refractivity contribution < 1.29 is 14.7 Å². The van der Waals surface area contributed by atoms with Crippen LogP contribution in [0.5, 0.6) is 0 Å². The molecule has 1 rings (SSSR count). The number of nitrogens with zero attached hydrogens (tertiary/aromatic N) is 1. The molecule has 20 heavy (non-hydrogen) atoms. The molecular weight excluding hydrogens is 280 g/mol. The Labute approximate surface area is 123 Å². The molecule has 1 aromatic carbocycles. The first-order valence-electron chi connectivity index (χ1n) is 6.41. The van der Waals surface area contributed by atoms with E-state index < -0.39 is 5.97 Å². The normalized spacial score (nSPS) is 10.6. The van der Waals surface area contributed by atoms with Gasteiger partial charge in [-0.2, -0.15) is 0 Å². The largest absolute Gasteiger partial charge is 0.480 e. The lowest BCUT2D eigenvalue weighted by Crippen LogP contribution is -2.38. The summed E-state index contributed by atoms with van der Waals surface area (Å²) >= 11 is 5.88. The third kappa shape index (κ3) is 5.59. The molecule has 0 heterocycles. The molecule has 0 unspecified atom stereocenters. The van der Waals surface area contributed by atoms with Gasteiger partial charge < -0.3 is 15.3 Å². The number of hydrogen-bond acceptors (Lipinski definition) is 3. The van der Waals surface area contributed by atoms with Gasteiger partial charge >= 0.3 is 5.97 Å². The van der Waals surface area contributed by atoms with Crippen LogP contribution < -0.4 is 10.2 Å². The first kappa shape index (κ1) is 16.5. The molecule has 0 fully saturated rings. The highest BCUT2D eigenvalue weighted by atomic mass is 35.5. The number of aliphatic carboxylic acids is 1. The topological polar surface area (TPSA) is 69.6 Å². The van der Waals surface area contributed by atoms with Gasteiger partial charge in [-0.05, 0) is 18.2 Å². The second-order valence-corrected chi connectivity index (χ2v) is 5.15. The van der Waals surface area contributed by atoms with Crippen LogP contribution in [0.2, 0.25) is 5.02 Å². The van der Waals surface area contributed by atoms with Crippen LogP contribution in [0.25, 0.3) is 0 Å². The van der Waals surface area contributed by atoms with E-state index in [0.717, 1.165) is 0 Å². The smallest absolute Gasteiger partial charge is 0.323 e. The maximum Gasteiger partial charge on any atom is 0.323 e. The van der Waals surface area contributed by atoms with Crippen molar-refractivity contribution in [3.05, 3.63) is 29.3 Å². The second-order valence-electron chi connectivity index (χ2n) is 4.71. The summed E-state index contributed by atoms with van der Waals surface area (Å²) < 4.78 is 0. The van der Waals surface area contributed by atoms with E-state index in [0.29, 0.717) is 17.3 Å². The molecule has 0 aliphatic rings. The molecule has 0 aliphatic carbocycles. The van der Waals surface area contributed by atoms with Crippen molar-refractivity contribution >= 4 is 29.2 Å². The fourth-order valence-electron chi connectivity index (χ4n) is 1.71. The van der Waals surface area contributed by atoms with Crippen LogP contribution in [-0.4, -0.2) is 36.1 Å². The number of anilines is 1. The van der Waals surface area contributed by atoms with Crippen molar-refractivity contribution in [3.8, 4) is 0 Å². The van der Waals surface area contributed by atoms with E-state index in [1.165, 1.54) is 4.90 Å². The Morgan fingerprint density at radius 2 is 2.10 bits per heavy atom. The number of halogens is 1. The highest BCUT2D eigenvalue weighted by molar-refractivity contribution is 6.30. The Balaban J connectivity index is 2.78. The number of nitrogens with one attached hydrogen (secondary N) is 1. The molecule has 0 atom stereocenters. The number of hydrogen-bond donors (Lipinski definition) is 2. The zero-order chi connectivity index (χ0) is 15.1. The summed E-state index contributed by atoms with van der Waals surface area (Å²) in [5.74, 6) is -1.31. The number of rotatable bonds is 7. The highest BCUT2D eigenvalue weighted by Crippen LogP contribution is 2.20. The maximum absolute atomic E-state index is 12.2. The van der Waals surface area contributed by atoms with Crippen LogP contribution in [0.3, 0.4) is 0 Å². The average Bonchev–Trinajstić information content (AvgIpc) is 2.35. The molecule has 0 saturated heterocycles. The number of carbonyl (C=O) groups is 2. The van der Waals surface area contributed by atoms with Gasteiger partial charge in [0.25, 0.3) is 0 Å². The number of carboxylic acids is 1. The zero-order valence-electron chi connectivity index (χ0n) is 11.6. The van der Waals surface area contributed by atoms with Gasteiger partial charge in [0.1, 0.15) is 6.54 Å². The molecule has 1 aromatic rings. The first-order valence-corrected chi connectivity index (χ1v) is 6.79. The Morgan fingerprint density at radius 3 is 2.65 bits per heavy atom. The zero-order valence-corrected chi connectivity index (χ0v) is 12.4. The predicted molar refractivity (Wildman–Crippen MR) is 79.2 cm³/mol. The van der Waals surface area contributed by atoms with Crippen LogP contribution >= 0.6 is 11.6 Å². The third-order valence-electron chi connectivity index (χ3n) is 2.61. The molecule has 0 aromatic heterocycles. The third-order valence-corrected chi connectivity index (χ3v) is 2.84. The quantitative estimate of drug-likeness (QED) is 0.809. The van der Waals surface area contributed by atoms with Crippen LogP contribution in [-0.2, 0) is 9.59 Å². The Bertz CT molecular complexity index is 477. The van der Waals surface area contributed by atoms with Crippen molar-refractivity contribution in [2.45, 2.75) is 26.3 Å². The SMILES string of the molecule is CC(C)NCCC(=O)N(CC(=O)O)c1cccc(Cl)c1. The number of carboxylic acid groups (broad SMARTS) is 1. The molecule has 0 aliphatic heterocycles. The minimum absolute atomic E-state index is 0.234. The molecule has 2 N–H and O–H groups in total. The van der Waals surface area contributed by atoms with Crippen molar-refractivity contribution in [2.24, 2.45) is 0 Å². The van der Waals surface area contributed by atoms with Crippen molar-refractivity contribution in [1.82, 2.24) is 5.32 Å². The lowest BCUT2D eigenvalue weighted by molar-refractivity contribution is -0.136. The number of carbonyl (C=O) groups excluding carboxylic acids is 1. The minimum Gasteiger partial charge on any atom is -0.480 e. The van der Waals surface area contributed by atoms with E-state index in [1.54, 1.807) is 24.3 Å². The van der Waals surface area contributed by atoms with Crippen molar-refractivity contribution in [3.63, 3.8) is 0 Å². The molecular formula is C14H19ClN2O3. The van der Waals surface area contributed by atoms with E-state index >= 15 is 0 Å². The van der Waals surface area contributed by atoms with E-state index in [4.69, 9.17) is 16.7 Å². The summed E-state index contributed by atoms with van der Waals surface area (Å²) in [4.78, 5) is 24.3. The molecule has 0 bridgehead atoms. The van der Waals surface area contributed by atoms with E-state index in [1.807, 2.05) is 13.8 Å². The van der Waals surface area contributed by atoms with Crippen molar-refractivity contribution in [2.75, 3.05) is 18.0 Å². The van der Waals surface area contributed by atoms with Crippen LogP contribution in [0.15, 0.2) is 24.3 Å². The van der Waals surface area contributed by atoms with Gasteiger partial charge in [0.05, 0.1) is 0 Å².